The Morgan fingerprint density at radius 3 is 2.79 bits per heavy atom. The van der Waals surface area contributed by atoms with Crippen LogP contribution in [0.3, 0.4) is 0 Å². The number of benzene rings is 1. The van der Waals surface area contributed by atoms with Crippen molar-refractivity contribution in [1.29, 1.82) is 0 Å². The Morgan fingerprint density at radius 2 is 2.00 bits per heavy atom. The van der Waals surface area contributed by atoms with Crippen molar-refractivity contribution in [3.8, 4) is 0 Å². The molecule has 3 rings (SSSR count). The number of rotatable bonds is 2. The summed E-state index contributed by atoms with van der Waals surface area (Å²) in [6.45, 7) is 0. The minimum absolute atomic E-state index is 0.511. The maximum Gasteiger partial charge on any atom is 0.123 e. The molecule has 0 spiro atoms. The Bertz CT molecular complexity index is 597. The van der Waals surface area contributed by atoms with Gasteiger partial charge in [0.2, 0.25) is 0 Å². The van der Waals surface area contributed by atoms with Gasteiger partial charge in [-0.3, -0.25) is 0 Å². The molecule has 0 amide bonds. The van der Waals surface area contributed by atoms with Gasteiger partial charge in [-0.25, -0.2) is 4.98 Å². The SMILES string of the molecule is Nc1cc(CC2(O)CCc3ccccc3C2)ccn1. The van der Waals surface area contributed by atoms with Crippen LogP contribution in [0.4, 0.5) is 5.82 Å². The number of nitrogens with two attached hydrogens (primary N) is 1. The van der Waals surface area contributed by atoms with Crippen molar-refractivity contribution in [3.63, 3.8) is 0 Å². The first-order chi connectivity index (χ1) is 9.15. The minimum Gasteiger partial charge on any atom is -0.389 e. The second-order valence-corrected chi connectivity index (χ2v) is 5.44. The maximum absolute atomic E-state index is 10.8. The lowest BCUT2D eigenvalue weighted by Crippen LogP contribution is -2.38. The highest BCUT2D eigenvalue weighted by molar-refractivity contribution is 5.35. The van der Waals surface area contributed by atoms with Crippen molar-refractivity contribution >= 4 is 5.82 Å². The van der Waals surface area contributed by atoms with Crippen molar-refractivity contribution in [2.75, 3.05) is 5.73 Å². The van der Waals surface area contributed by atoms with Crippen molar-refractivity contribution in [2.24, 2.45) is 0 Å². The highest BCUT2D eigenvalue weighted by Gasteiger charge is 2.32. The van der Waals surface area contributed by atoms with Crippen LogP contribution in [0.15, 0.2) is 42.6 Å². The highest BCUT2D eigenvalue weighted by atomic mass is 16.3. The Balaban J connectivity index is 1.82. The normalized spacial score (nSPS) is 21.9. The second-order valence-electron chi connectivity index (χ2n) is 5.44. The molecule has 1 unspecified atom stereocenters. The van der Waals surface area contributed by atoms with Crippen LogP contribution in [0.2, 0.25) is 0 Å². The third kappa shape index (κ3) is 2.61. The molecule has 19 heavy (non-hydrogen) atoms. The van der Waals surface area contributed by atoms with Gasteiger partial charge in [-0.15, -0.1) is 0 Å². The van der Waals surface area contributed by atoms with E-state index in [1.54, 1.807) is 6.20 Å². The molecule has 3 heteroatoms. The molecule has 0 bridgehead atoms. The van der Waals surface area contributed by atoms with Gasteiger partial charge in [-0.2, -0.15) is 0 Å². The van der Waals surface area contributed by atoms with E-state index in [1.165, 1.54) is 11.1 Å². The lowest BCUT2D eigenvalue weighted by molar-refractivity contribution is 0.0267. The molecule has 1 aliphatic rings. The van der Waals surface area contributed by atoms with Crippen LogP contribution in [-0.4, -0.2) is 15.7 Å². The number of hydrogen-bond acceptors (Lipinski definition) is 3. The highest BCUT2D eigenvalue weighted by Crippen LogP contribution is 2.31. The maximum atomic E-state index is 10.8. The van der Waals surface area contributed by atoms with Crippen LogP contribution in [0.1, 0.15) is 23.1 Å². The molecule has 0 aliphatic heterocycles. The van der Waals surface area contributed by atoms with E-state index < -0.39 is 5.60 Å². The molecule has 0 saturated carbocycles. The fourth-order valence-corrected chi connectivity index (χ4v) is 2.92. The molecule has 2 aromatic rings. The van der Waals surface area contributed by atoms with Gasteiger partial charge in [0, 0.05) is 19.0 Å². The van der Waals surface area contributed by atoms with E-state index in [4.69, 9.17) is 5.73 Å². The van der Waals surface area contributed by atoms with Gasteiger partial charge in [-0.05, 0) is 41.7 Å². The number of pyridine rings is 1. The van der Waals surface area contributed by atoms with E-state index in [2.05, 4.69) is 23.2 Å². The Hall–Kier alpha value is -1.87. The summed E-state index contributed by atoms with van der Waals surface area (Å²) in [6, 6.07) is 12.1. The van der Waals surface area contributed by atoms with Gasteiger partial charge in [0.1, 0.15) is 5.82 Å². The Morgan fingerprint density at radius 1 is 1.21 bits per heavy atom. The molecule has 3 nitrogen and oxygen atoms in total. The molecular weight excluding hydrogens is 236 g/mol. The number of nitrogens with zero attached hydrogens (tertiary/aromatic N) is 1. The van der Waals surface area contributed by atoms with Crippen molar-refractivity contribution in [3.05, 3.63) is 59.3 Å². The third-order valence-corrected chi connectivity index (χ3v) is 3.88. The predicted molar refractivity (Wildman–Crippen MR) is 75.8 cm³/mol. The third-order valence-electron chi connectivity index (χ3n) is 3.88. The van der Waals surface area contributed by atoms with E-state index in [-0.39, 0.29) is 0 Å². The number of aryl methyl sites for hydroxylation is 1. The number of anilines is 1. The molecule has 1 aromatic heterocycles. The van der Waals surface area contributed by atoms with Crippen molar-refractivity contribution < 1.29 is 5.11 Å². The second kappa shape index (κ2) is 4.67. The monoisotopic (exact) mass is 254 g/mol. The molecule has 3 N–H and O–H groups in total. The molecule has 98 valence electrons. The zero-order chi connectivity index (χ0) is 13.3. The first-order valence-corrected chi connectivity index (χ1v) is 6.64. The Labute approximate surface area is 113 Å². The number of nitrogen functional groups attached to an aromatic ring is 1. The summed E-state index contributed by atoms with van der Waals surface area (Å²) >= 11 is 0. The van der Waals surface area contributed by atoms with Gasteiger partial charge < -0.3 is 10.8 Å². The van der Waals surface area contributed by atoms with Gasteiger partial charge in [0.15, 0.2) is 0 Å². The quantitative estimate of drug-likeness (QED) is 0.863. The summed E-state index contributed by atoms with van der Waals surface area (Å²) in [6.07, 6.45) is 4.78. The van der Waals surface area contributed by atoms with Crippen molar-refractivity contribution in [1.82, 2.24) is 4.98 Å². The first-order valence-electron chi connectivity index (χ1n) is 6.64. The fraction of sp³-hybridized carbons (Fsp3) is 0.312. The Kier molecular flexibility index (Phi) is 2.99. The summed E-state index contributed by atoms with van der Waals surface area (Å²) in [7, 11) is 0. The van der Waals surface area contributed by atoms with Crippen LogP contribution < -0.4 is 5.73 Å². The van der Waals surface area contributed by atoms with E-state index >= 15 is 0 Å². The summed E-state index contributed by atoms with van der Waals surface area (Å²) in [4.78, 5) is 3.99. The zero-order valence-corrected chi connectivity index (χ0v) is 10.8. The van der Waals surface area contributed by atoms with Crippen LogP contribution in [-0.2, 0) is 19.3 Å². The van der Waals surface area contributed by atoms with Crippen LogP contribution in [0.5, 0.6) is 0 Å². The van der Waals surface area contributed by atoms with Crippen LogP contribution in [0.25, 0.3) is 0 Å². The smallest absolute Gasteiger partial charge is 0.123 e. The van der Waals surface area contributed by atoms with Crippen LogP contribution in [0, 0.1) is 0 Å². The van der Waals surface area contributed by atoms with E-state index in [0.29, 0.717) is 18.7 Å². The molecule has 1 atom stereocenters. The van der Waals surface area contributed by atoms with Gasteiger partial charge in [0.25, 0.3) is 0 Å². The van der Waals surface area contributed by atoms with Gasteiger partial charge in [0.05, 0.1) is 5.60 Å². The molecule has 1 aliphatic carbocycles. The average Bonchev–Trinajstić information content (AvgIpc) is 2.38. The zero-order valence-electron chi connectivity index (χ0n) is 10.8. The summed E-state index contributed by atoms with van der Waals surface area (Å²) < 4.78 is 0. The standard InChI is InChI=1S/C16H18N2O/c17-15-9-12(6-8-18-15)10-16(19)7-5-13-3-1-2-4-14(13)11-16/h1-4,6,8-9,19H,5,7,10-11H2,(H2,17,18). The molecule has 0 radical (unpaired) electrons. The number of aliphatic hydroxyl groups is 1. The van der Waals surface area contributed by atoms with Crippen molar-refractivity contribution in [2.45, 2.75) is 31.3 Å². The van der Waals surface area contributed by atoms with E-state index in [9.17, 15) is 5.11 Å². The molecule has 0 fully saturated rings. The van der Waals surface area contributed by atoms with Gasteiger partial charge in [-0.1, -0.05) is 24.3 Å². The average molecular weight is 254 g/mol. The topological polar surface area (TPSA) is 59.1 Å². The summed E-state index contributed by atoms with van der Waals surface area (Å²) in [5.41, 5.74) is 8.70. The minimum atomic E-state index is -0.665. The molecule has 1 heterocycles. The number of hydrogen-bond donors (Lipinski definition) is 2. The molecule has 0 saturated heterocycles. The summed E-state index contributed by atoms with van der Waals surface area (Å²) in [5, 5.41) is 10.8. The molecular formula is C16H18N2O. The van der Waals surface area contributed by atoms with Gasteiger partial charge >= 0.3 is 0 Å². The summed E-state index contributed by atoms with van der Waals surface area (Å²) in [5.74, 6) is 0.511. The lowest BCUT2D eigenvalue weighted by atomic mass is 9.77. The number of aromatic nitrogens is 1. The number of fused-ring (bicyclic) bond motifs is 1. The fourth-order valence-electron chi connectivity index (χ4n) is 2.92. The van der Waals surface area contributed by atoms with E-state index in [0.717, 1.165) is 18.4 Å². The van der Waals surface area contributed by atoms with E-state index in [1.807, 2.05) is 18.2 Å². The predicted octanol–water partition coefficient (Wildman–Crippen LogP) is 2.13. The molecule has 1 aromatic carbocycles. The lowest BCUT2D eigenvalue weighted by Gasteiger charge is -2.33. The van der Waals surface area contributed by atoms with Crippen LogP contribution >= 0.6 is 0 Å². The first kappa shape index (κ1) is 12.2. The largest absolute Gasteiger partial charge is 0.389 e.